The lowest BCUT2D eigenvalue weighted by atomic mass is 9.75. The number of benzene rings is 1. The van der Waals surface area contributed by atoms with E-state index in [-0.39, 0.29) is 23.6 Å². The lowest BCUT2D eigenvalue weighted by molar-refractivity contribution is 0.0235. The first-order chi connectivity index (χ1) is 13.0. The molecule has 6 nitrogen and oxygen atoms in total. The zero-order chi connectivity index (χ0) is 19.0. The number of carbonyl (C=O) groups is 1. The topological polar surface area (TPSA) is 95.1 Å². The van der Waals surface area contributed by atoms with E-state index in [2.05, 4.69) is 15.3 Å². The number of aromatic amines is 1. The van der Waals surface area contributed by atoms with Gasteiger partial charge in [0.05, 0.1) is 17.7 Å². The van der Waals surface area contributed by atoms with Crippen molar-refractivity contribution in [2.24, 2.45) is 5.92 Å². The Labute approximate surface area is 156 Å². The number of nitrogens with zero attached hydrogens (tertiary/aromatic N) is 1. The van der Waals surface area contributed by atoms with Gasteiger partial charge in [-0.2, -0.15) is 0 Å². The van der Waals surface area contributed by atoms with Gasteiger partial charge in [-0.25, -0.2) is 0 Å². The monoisotopic (exact) mass is 363 g/mol. The van der Waals surface area contributed by atoms with Gasteiger partial charge in [-0.3, -0.25) is 14.6 Å². The molecule has 2 heterocycles. The molecule has 1 fully saturated rings. The van der Waals surface area contributed by atoms with Gasteiger partial charge in [0.25, 0.3) is 11.5 Å². The fraction of sp³-hybridized carbons (Fsp3) is 0.286. The summed E-state index contributed by atoms with van der Waals surface area (Å²) in [6, 6.07) is 12.7. The number of rotatable bonds is 4. The van der Waals surface area contributed by atoms with Crippen molar-refractivity contribution >= 4 is 16.8 Å². The molecule has 0 unspecified atom stereocenters. The molecule has 6 heteroatoms. The van der Waals surface area contributed by atoms with Crippen molar-refractivity contribution in [3.05, 3.63) is 75.8 Å². The Morgan fingerprint density at radius 3 is 2.78 bits per heavy atom. The highest BCUT2D eigenvalue weighted by atomic mass is 16.3. The largest absolute Gasteiger partial charge is 0.393 e. The average molecular weight is 363 g/mol. The summed E-state index contributed by atoms with van der Waals surface area (Å²) in [5.41, 5.74) is 2.14. The number of aromatic nitrogens is 2. The molecule has 1 amide bonds. The standard InChI is InChI=1S/C21H21N3O3/c1-12-6-7-17(20(26)23-12)21(27)24-19(14-9-16(25)10-14)15-8-13-4-2-3-5-18(13)22-11-15/h2-8,11,14,16,19,25H,9-10H2,1H3,(H,23,26)(H,24,27)/t14?,16?,19-/m1/s1. The number of H-pyrrole nitrogens is 1. The molecule has 0 spiro atoms. The molecule has 0 radical (unpaired) electrons. The second-order valence-corrected chi connectivity index (χ2v) is 7.18. The van der Waals surface area contributed by atoms with E-state index in [1.807, 2.05) is 30.3 Å². The van der Waals surface area contributed by atoms with Gasteiger partial charge < -0.3 is 15.4 Å². The van der Waals surface area contributed by atoms with Crippen molar-refractivity contribution in [3.63, 3.8) is 0 Å². The zero-order valence-corrected chi connectivity index (χ0v) is 15.0. The van der Waals surface area contributed by atoms with Gasteiger partial charge in [0, 0.05) is 17.3 Å². The predicted molar refractivity (Wildman–Crippen MR) is 102 cm³/mol. The minimum atomic E-state index is -0.421. The molecule has 3 N–H and O–H groups in total. The third kappa shape index (κ3) is 3.48. The van der Waals surface area contributed by atoms with E-state index in [9.17, 15) is 14.7 Å². The van der Waals surface area contributed by atoms with Crippen LogP contribution in [-0.4, -0.2) is 27.1 Å². The zero-order valence-electron chi connectivity index (χ0n) is 15.0. The number of para-hydroxylation sites is 1. The first-order valence-electron chi connectivity index (χ1n) is 9.05. The summed E-state index contributed by atoms with van der Waals surface area (Å²) in [6.45, 7) is 1.77. The smallest absolute Gasteiger partial charge is 0.260 e. The molecule has 1 aliphatic carbocycles. The molecule has 1 atom stereocenters. The van der Waals surface area contributed by atoms with Crippen LogP contribution in [0, 0.1) is 12.8 Å². The molecular formula is C21H21N3O3. The van der Waals surface area contributed by atoms with Crippen LogP contribution in [-0.2, 0) is 0 Å². The van der Waals surface area contributed by atoms with Crippen molar-refractivity contribution in [2.75, 3.05) is 0 Å². The average Bonchev–Trinajstić information content (AvgIpc) is 2.63. The van der Waals surface area contributed by atoms with Crippen molar-refractivity contribution in [2.45, 2.75) is 31.9 Å². The van der Waals surface area contributed by atoms with Crippen molar-refractivity contribution in [1.82, 2.24) is 15.3 Å². The van der Waals surface area contributed by atoms with Crippen molar-refractivity contribution in [3.8, 4) is 0 Å². The molecule has 0 saturated heterocycles. The van der Waals surface area contributed by atoms with Gasteiger partial charge >= 0.3 is 0 Å². The van der Waals surface area contributed by atoms with E-state index in [0.717, 1.165) is 16.5 Å². The van der Waals surface area contributed by atoms with Gasteiger partial charge in [-0.05, 0) is 55.5 Å². The Morgan fingerprint density at radius 1 is 1.26 bits per heavy atom. The summed E-state index contributed by atoms with van der Waals surface area (Å²) in [5.74, 6) is -0.313. The minimum absolute atomic E-state index is 0.0826. The van der Waals surface area contributed by atoms with Crippen LogP contribution in [0.3, 0.4) is 0 Å². The molecule has 2 aromatic heterocycles. The molecule has 4 rings (SSSR count). The number of hydrogen-bond donors (Lipinski definition) is 3. The highest BCUT2D eigenvalue weighted by Gasteiger charge is 2.36. The van der Waals surface area contributed by atoms with Crippen molar-refractivity contribution < 1.29 is 9.90 Å². The quantitative estimate of drug-likeness (QED) is 0.664. The number of carbonyl (C=O) groups excluding carboxylic acids is 1. The highest BCUT2D eigenvalue weighted by molar-refractivity contribution is 5.94. The Balaban J connectivity index is 1.66. The van der Waals surface area contributed by atoms with Crippen LogP contribution in [0.2, 0.25) is 0 Å². The molecule has 27 heavy (non-hydrogen) atoms. The molecule has 1 saturated carbocycles. The normalized spacial score (nSPS) is 20.1. The molecule has 0 bridgehead atoms. The third-order valence-electron chi connectivity index (χ3n) is 5.18. The van der Waals surface area contributed by atoms with E-state index in [1.165, 1.54) is 6.07 Å². The molecule has 3 aromatic rings. The van der Waals surface area contributed by atoms with Crippen LogP contribution in [0.25, 0.3) is 10.9 Å². The first-order valence-corrected chi connectivity index (χ1v) is 9.05. The van der Waals surface area contributed by atoms with Crippen LogP contribution in [0.4, 0.5) is 0 Å². The summed E-state index contributed by atoms with van der Waals surface area (Å²) < 4.78 is 0. The first kappa shape index (κ1) is 17.4. The number of fused-ring (bicyclic) bond motifs is 1. The van der Waals surface area contributed by atoms with Crippen LogP contribution < -0.4 is 10.9 Å². The molecule has 1 aromatic carbocycles. The van der Waals surface area contributed by atoms with Crippen LogP contribution in [0.15, 0.2) is 53.5 Å². The number of hydrogen-bond acceptors (Lipinski definition) is 4. The van der Waals surface area contributed by atoms with Crippen LogP contribution in [0.1, 0.15) is 40.5 Å². The van der Waals surface area contributed by atoms with Crippen LogP contribution >= 0.6 is 0 Å². The number of nitrogens with one attached hydrogen (secondary N) is 2. The van der Waals surface area contributed by atoms with E-state index in [4.69, 9.17) is 0 Å². The van der Waals surface area contributed by atoms with E-state index in [1.54, 1.807) is 19.2 Å². The predicted octanol–water partition coefficient (Wildman–Crippen LogP) is 2.47. The van der Waals surface area contributed by atoms with Gasteiger partial charge in [0.15, 0.2) is 0 Å². The fourth-order valence-electron chi connectivity index (χ4n) is 3.60. The SMILES string of the molecule is Cc1ccc(C(=O)N[C@@H](c2cnc3ccccc3c2)C2CC(O)C2)c(=O)[nH]1. The number of aliphatic hydroxyl groups excluding tert-OH is 1. The van der Waals surface area contributed by atoms with Gasteiger partial charge in [-0.1, -0.05) is 18.2 Å². The second-order valence-electron chi connectivity index (χ2n) is 7.18. The van der Waals surface area contributed by atoms with Gasteiger partial charge in [0.2, 0.25) is 0 Å². The lowest BCUT2D eigenvalue weighted by Crippen LogP contribution is -2.42. The number of aryl methyl sites for hydroxylation is 1. The lowest BCUT2D eigenvalue weighted by Gasteiger charge is -2.38. The second kappa shape index (κ2) is 6.96. The Morgan fingerprint density at radius 2 is 2.04 bits per heavy atom. The summed E-state index contributed by atoms with van der Waals surface area (Å²) in [6.07, 6.45) is 2.65. The third-order valence-corrected chi connectivity index (χ3v) is 5.18. The van der Waals surface area contributed by atoms with Crippen LogP contribution in [0.5, 0.6) is 0 Å². The van der Waals surface area contributed by atoms with E-state index in [0.29, 0.717) is 18.5 Å². The number of amides is 1. The van der Waals surface area contributed by atoms with Gasteiger partial charge in [0.1, 0.15) is 5.56 Å². The van der Waals surface area contributed by atoms with E-state index >= 15 is 0 Å². The molecule has 138 valence electrons. The summed E-state index contributed by atoms with van der Waals surface area (Å²) in [4.78, 5) is 32.0. The molecule has 0 aliphatic heterocycles. The fourth-order valence-corrected chi connectivity index (χ4v) is 3.60. The number of aliphatic hydroxyl groups is 1. The Bertz CT molecular complexity index is 1050. The molecular weight excluding hydrogens is 342 g/mol. The maximum Gasteiger partial charge on any atom is 0.260 e. The van der Waals surface area contributed by atoms with Crippen molar-refractivity contribution in [1.29, 1.82) is 0 Å². The Hall–Kier alpha value is -2.99. The maximum absolute atomic E-state index is 12.7. The number of pyridine rings is 2. The highest BCUT2D eigenvalue weighted by Crippen LogP contribution is 2.38. The maximum atomic E-state index is 12.7. The van der Waals surface area contributed by atoms with Gasteiger partial charge in [-0.15, -0.1) is 0 Å². The molecule has 1 aliphatic rings. The summed E-state index contributed by atoms with van der Waals surface area (Å²) >= 11 is 0. The summed E-state index contributed by atoms with van der Waals surface area (Å²) in [7, 11) is 0. The Kier molecular flexibility index (Phi) is 4.49. The van der Waals surface area contributed by atoms with E-state index < -0.39 is 11.5 Å². The summed E-state index contributed by atoms with van der Waals surface area (Å²) in [5, 5.41) is 13.7. The minimum Gasteiger partial charge on any atom is -0.393 e.